The van der Waals surface area contributed by atoms with Crippen LogP contribution in [0.5, 0.6) is 0 Å². The summed E-state index contributed by atoms with van der Waals surface area (Å²) in [6, 6.07) is 2.30. The summed E-state index contributed by atoms with van der Waals surface area (Å²) in [6.45, 7) is 4.18. The van der Waals surface area contributed by atoms with Gasteiger partial charge in [-0.05, 0) is 41.2 Å². The molecule has 6 heteroatoms. The quantitative estimate of drug-likeness (QED) is 0.944. The summed E-state index contributed by atoms with van der Waals surface area (Å²) in [5.41, 5.74) is 6.20. The Morgan fingerprint density at radius 2 is 2.29 bits per heavy atom. The van der Waals surface area contributed by atoms with Gasteiger partial charge in [-0.3, -0.25) is 0 Å². The van der Waals surface area contributed by atoms with E-state index < -0.39 is 0 Å². The number of halogens is 1. The minimum atomic E-state index is -0.0360. The van der Waals surface area contributed by atoms with Crippen LogP contribution in [-0.4, -0.2) is 14.8 Å². The molecule has 0 spiro atoms. The highest BCUT2D eigenvalue weighted by Crippen LogP contribution is 2.29. The molecular formula is C11H15BrN4S. The van der Waals surface area contributed by atoms with Crippen LogP contribution in [0.2, 0.25) is 0 Å². The van der Waals surface area contributed by atoms with Gasteiger partial charge in [-0.2, -0.15) is 5.10 Å². The van der Waals surface area contributed by atoms with Crippen molar-refractivity contribution in [3.8, 4) is 0 Å². The van der Waals surface area contributed by atoms with Crippen molar-refractivity contribution in [3.05, 3.63) is 32.9 Å². The molecule has 0 aliphatic rings. The molecule has 1 unspecified atom stereocenters. The number of aromatic nitrogens is 3. The zero-order valence-corrected chi connectivity index (χ0v) is 12.2. The molecule has 92 valence electrons. The summed E-state index contributed by atoms with van der Waals surface area (Å²) in [7, 11) is 0. The molecule has 2 N–H and O–H groups in total. The minimum Gasteiger partial charge on any atom is -0.323 e. The van der Waals surface area contributed by atoms with Crippen LogP contribution in [0.25, 0.3) is 0 Å². The van der Waals surface area contributed by atoms with E-state index in [1.165, 1.54) is 0 Å². The van der Waals surface area contributed by atoms with Gasteiger partial charge in [0.05, 0.1) is 0 Å². The van der Waals surface area contributed by atoms with Gasteiger partial charge in [-0.1, -0.05) is 0 Å². The van der Waals surface area contributed by atoms with Crippen molar-refractivity contribution in [1.82, 2.24) is 14.8 Å². The summed E-state index contributed by atoms with van der Waals surface area (Å²) in [4.78, 5) is 5.43. The molecule has 2 aromatic rings. The van der Waals surface area contributed by atoms with Crippen molar-refractivity contribution in [2.24, 2.45) is 5.73 Å². The van der Waals surface area contributed by atoms with Crippen molar-refractivity contribution in [3.63, 3.8) is 0 Å². The predicted molar refractivity (Wildman–Crippen MR) is 73.1 cm³/mol. The van der Waals surface area contributed by atoms with E-state index in [4.69, 9.17) is 5.73 Å². The third kappa shape index (κ3) is 2.75. The Hall–Kier alpha value is -0.720. The van der Waals surface area contributed by atoms with Gasteiger partial charge in [-0.25, -0.2) is 9.67 Å². The van der Waals surface area contributed by atoms with E-state index in [1.54, 1.807) is 17.7 Å². The van der Waals surface area contributed by atoms with E-state index in [0.717, 1.165) is 15.2 Å². The Kier molecular flexibility index (Phi) is 3.96. The molecule has 0 radical (unpaired) electrons. The highest BCUT2D eigenvalue weighted by Gasteiger charge is 2.16. The average molecular weight is 315 g/mol. The zero-order valence-electron chi connectivity index (χ0n) is 9.80. The fraction of sp³-hybridized carbons (Fsp3) is 0.455. The molecule has 0 saturated heterocycles. The molecule has 0 aliphatic carbocycles. The first-order valence-corrected chi connectivity index (χ1v) is 7.13. The summed E-state index contributed by atoms with van der Waals surface area (Å²) in [5, 5.41) is 6.25. The maximum absolute atomic E-state index is 6.20. The van der Waals surface area contributed by atoms with Crippen molar-refractivity contribution < 1.29 is 0 Å². The van der Waals surface area contributed by atoms with Gasteiger partial charge in [0.1, 0.15) is 12.2 Å². The van der Waals surface area contributed by atoms with Crippen LogP contribution in [0.3, 0.4) is 0 Å². The van der Waals surface area contributed by atoms with E-state index in [2.05, 4.69) is 39.9 Å². The van der Waals surface area contributed by atoms with E-state index in [-0.39, 0.29) is 6.04 Å². The fourth-order valence-corrected chi connectivity index (χ4v) is 3.38. The number of nitrogens with two attached hydrogens (primary N) is 1. The average Bonchev–Trinajstić information content (AvgIpc) is 2.86. The molecule has 0 aromatic carbocycles. The van der Waals surface area contributed by atoms with Gasteiger partial charge >= 0.3 is 0 Å². The summed E-state index contributed by atoms with van der Waals surface area (Å²) < 4.78 is 2.99. The van der Waals surface area contributed by atoms with Crippen LogP contribution in [0.15, 0.2) is 22.2 Å². The maximum atomic E-state index is 6.20. The van der Waals surface area contributed by atoms with Crippen molar-refractivity contribution in [1.29, 1.82) is 0 Å². The highest BCUT2D eigenvalue weighted by atomic mass is 79.9. The van der Waals surface area contributed by atoms with E-state index >= 15 is 0 Å². The third-order valence-corrected chi connectivity index (χ3v) is 4.52. The van der Waals surface area contributed by atoms with Crippen molar-refractivity contribution in [2.45, 2.75) is 32.4 Å². The minimum absolute atomic E-state index is 0.0360. The third-order valence-electron chi connectivity index (χ3n) is 2.52. The van der Waals surface area contributed by atoms with Gasteiger partial charge in [-0.15, -0.1) is 11.3 Å². The van der Waals surface area contributed by atoms with Crippen LogP contribution in [-0.2, 0) is 6.42 Å². The Bertz CT molecular complexity index is 491. The number of hydrogen-bond acceptors (Lipinski definition) is 4. The van der Waals surface area contributed by atoms with E-state index in [0.29, 0.717) is 12.5 Å². The normalized spacial score (nSPS) is 13.2. The molecule has 4 nitrogen and oxygen atoms in total. The lowest BCUT2D eigenvalue weighted by atomic mass is 10.2. The molecule has 0 amide bonds. The molecule has 1 atom stereocenters. The van der Waals surface area contributed by atoms with Gasteiger partial charge < -0.3 is 5.73 Å². The highest BCUT2D eigenvalue weighted by molar-refractivity contribution is 9.10. The van der Waals surface area contributed by atoms with E-state index in [1.807, 2.05) is 16.1 Å². The predicted octanol–water partition coefficient (Wildman–Crippen LogP) is 2.93. The lowest BCUT2D eigenvalue weighted by Crippen LogP contribution is -2.17. The second-order valence-electron chi connectivity index (χ2n) is 4.16. The monoisotopic (exact) mass is 314 g/mol. The molecule has 2 rings (SSSR count). The lowest BCUT2D eigenvalue weighted by molar-refractivity contribution is 0.494. The van der Waals surface area contributed by atoms with Crippen LogP contribution < -0.4 is 5.73 Å². The van der Waals surface area contributed by atoms with Crippen LogP contribution in [0.4, 0.5) is 0 Å². The fourth-order valence-electron chi connectivity index (χ4n) is 1.71. The first-order valence-electron chi connectivity index (χ1n) is 5.46. The summed E-state index contributed by atoms with van der Waals surface area (Å²) in [6.07, 6.45) is 2.29. The Morgan fingerprint density at radius 1 is 1.53 bits per heavy atom. The van der Waals surface area contributed by atoms with Gasteiger partial charge in [0.25, 0.3) is 0 Å². The van der Waals surface area contributed by atoms with Crippen molar-refractivity contribution in [2.75, 3.05) is 0 Å². The van der Waals surface area contributed by atoms with Crippen molar-refractivity contribution >= 4 is 27.3 Å². The molecule has 17 heavy (non-hydrogen) atoms. The smallest absolute Gasteiger partial charge is 0.138 e. The molecule has 0 fully saturated rings. The molecule has 2 heterocycles. The number of nitrogens with zero attached hydrogens (tertiary/aromatic N) is 3. The van der Waals surface area contributed by atoms with Crippen LogP contribution in [0.1, 0.15) is 36.6 Å². The summed E-state index contributed by atoms with van der Waals surface area (Å²) >= 11 is 5.17. The molecule has 0 bridgehead atoms. The summed E-state index contributed by atoms with van der Waals surface area (Å²) in [5.74, 6) is 0.938. The second kappa shape index (κ2) is 5.29. The first kappa shape index (κ1) is 12.7. The number of hydrogen-bond donors (Lipinski definition) is 1. The molecular weight excluding hydrogens is 300 g/mol. The first-order chi connectivity index (χ1) is 8.09. The van der Waals surface area contributed by atoms with Crippen LogP contribution >= 0.6 is 27.3 Å². The van der Waals surface area contributed by atoms with Gasteiger partial charge in [0.2, 0.25) is 0 Å². The molecule has 0 aliphatic heterocycles. The van der Waals surface area contributed by atoms with Crippen LogP contribution in [0, 0.1) is 0 Å². The largest absolute Gasteiger partial charge is 0.323 e. The topological polar surface area (TPSA) is 56.7 Å². The Morgan fingerprint density at radius 3 is 2.88 bits per heavy atom. The Labute approximate surface area is 113 Å². The van der Waals surface area contributed by atoms with Gasteiger partial charge in [0, 0.05) is 27.9 Å². The number of rotatable bonds is 4. The van der Waals surface area contributed by atoms with Gasteiger partial charge in [0.15, 0.2) is 0 Å². The maximum Gasteiger partial charge on any atom is 0.138 e. The Balaban J connectivity index is 2.16. The molecule has 2 aromatic heterocycles. The zero-order chi connectivity index (χ0) is 12.4. The van der Waals surface area contributed by atoms with E-state index in [9.17, 15) is 0 Å². The lowest BCUT2D eigenvalue weighted by Gasteiger charge is -2.13. The number of thiophene rings is 1. The standard InChI is InChI=1S/C11H15BrN4S/c1-7(2)16-10(14-6-15-16)5-9(13)11-8(12)3-4-17-11/h3-4,6-7,9H,5,13H2,1-2H3. The molecule has 0 saturated carbocycles. The SMILES string of the molecule is CC(C)n1ncnc1CC(N)c1sccc1Br. The second-order valence-corrected chi connectivity index (χ2v) is 5.96.